The fraction of sp³-hybridized carbons (Fsp3) is 0.381. The van der Waals surface area contributed by atoms with Gasteiger partial charge >= 0.3 is 6.18 Å². The van der Waals surface area contributed by atoms with Gasteiger partial charge in [0.25, 0.3) is 11.8 Å². The fourth-order valence-corrected chi connectivity index (χ4v) is 3.86. The quantitative estimate of drug-likeness (QED) is 0.677. The van der Waals surface area contributed by atoms with E-state index >= 15 is 0 Å². The minimum Gasteiger partial charge on any atom is -0.363 e. The lowest BCUT2D eigenvalue weighted by Gasteiger charge is -2.46. The Balaban J connectivity index is 1.42. The van der Waals surface area contributed by atoms with Crippen molar-refractivity contribution < 1.29 is 31.9 Å². The van der Waals surface area contributed by atoms with E-state index in [9.17, 15) is 27.2 Å². The van der Waals surface area contributed by atoms with Crippen LogP contribution in [0.4, 0.5) is 23.2 Å². The summed E-state index contributed by atoms with van der Waals surface area (Å²) in [7, 11) is 0. The molecule has 0 saturated carbocycles. The minimum atomic E-state index is -4.52. The van der Waals surface area contributed by atoms with Gasteiger partial charge in [-0.1, -0.05) is 6.07 Å². The first kappa shape index (κ1) is 21.2. The molecule has 4 rings (SSSR count). The van der Waals surface area contributed by atoms with Gasteiger partial charge in [-0.3, -0.25) is 14.6 Å². The highest BCUT2D eigenvalue weighted by molar-refractivity contribution is 5.95. The van der Waals surface area contributed by atoms with Crippen LogP contribution in [0.5, 0.6) is 0 Å². The Kier molecular flexibility index (Phi) is 5.42. The molecule has 0 unspecified atom stereocenters. The van der Waals surface area contributed by atoms with Crippen molar-refractivity contribution in [1.82, 2.24) is 9.88 Å². The minimum absolute atomic E-state index is 0.0647. The van der Waals surface area contributed by atoms with Crippen LogP contribution in [-0.2, 0) is 15.7 Å². The standard InChI is InChI=1S/C21H19F4N3O3/c22-15-2-1-3-16(10-15)28-13-20(31-12-18(28)29)6-8-27(9-7-20)19(30)17-5-4-14(11-26-17)21(23,24)25/h1-5,10-11H,6-9,12-13H2. The fourth-order valence-electron chi connectivity index (χ4n) is 3.86. The van der Waals surface area contributed by atoms with Crippen LogP contribution in [0.1, 0.15) is 28.9 Å². The van der Waals surface area contributed by atoms with Crippen LogP contribution < -0.4 is 4.90 Å². The van der Waals surface area contributed by atoms with E-state index in [-0.39, 0.29) is 24.8 Å². The largest absolute Gasteiger partial charge is 0.417 e. The predicted molar refractivity (Wildman–Crippen MR) is 102 cm³/mol. The summed E-state index contributed by atoms with van der Waals surface area (Å²) in [6.45, 7) is 0.681. The molecule has 164 valence electrons. The van der Waals surface area contributed by atoms with Crippen molar-refractivity contribution >= 4 is 17.5 Å². The van der Waals surface area contributed by atoms with Crippen LogP contribution in [0.3, 0.4) is 0 Å². The molecule has 0 aliphatic carbocycles. The number of anilines is 1. The third kappa shape index (κ3) is 4.39. The number of morpholine rings is 1. The van der Waals surface area contributed by atoms with E-state index in [0.717, 1.165) is 12.1 Å². The molecule has 2 amide bonds. The van der Waals surface area contributed by atoms with Crippen LogP contribution in [-0.4, -0.2) is 53.5 Å². The summed E-state index contributed by atoms with van der Waals surface area (Å²) in [5, 5.41) is 0. The molecule has 1 aromatic carbocycles. The van der Waals surface area contributed by atoms with Gasteiger partial charge in [-0.25, -0.2) is 4.39 Å². The molecule has 10 heteroatoms. The Morgan fingerprint density at radius 2 is 1.87 bits per heavy atom. The van der Waals surface area contributed by atoms with Gasteiger partial charge in [0.15, 0.2) is 0 Å². The van der Waals surface area contributed by atoms with E-state index in [1.54, 1.807) is 6.07 Å². The van der Waals surface area contributed by atoms with E-state index in [0.29, 0.717) is 37.8 Å². The van der Waals surface area contributed by atoms with Gasteiger partial charge in [0.2, 0.25) is 0 Å². The summed E-state index contributed by atoms with van der Waals surface area (Å²) in [4.78, 5) is 31.6. The summed E-state index contributed by atoms with van der Waals surface area (Å²) in [5.41, 5.74) is -1.21. The number of likely N-dealkylation sites (tertiary alicyclic amines) is 1. The molecule has 0 bridgehead atoms. The smallest absolute Gasteiger partial charge is 0.363 e. The van der Waals surface area contributed by atoms with Crippen molar-refractivity contribution in [1.29, 1.82) is 0 Å². The van der Waals surface area contributed by atoms with Crippen LogP contribution in [0.15, 0.2) is 42.6 Å². The van der Waals surface area contributed by atoms with Gasteiger partial charge in [-0.2, -0.15) is 13.2 Å². The molecule has 1 aromatic heterocycles. The lowest BCUT2D eigenvalue weighted by Crippen LogP contribution is -2.59. The van der Waals surface area contributed by atoms with Crippen molar-refractivity contribution in [2.75, 3.05) is 31.1 Å². The molecule has 6 nitrogen and oxygen atoms in total. The average Bonchev–Trinajstić information content (AvgIpc) is 2.75. The monoisotopic (exact) mass is 437 g/mol. The zero-order valence-corrected chi connectivity index (χ0v) is 16.4. The lowest BCUT2D eigenvalue weighted by molar-refractivity contribution is -0.143. The Morgan fingerprint density at radius 3 is 2.48 bits per heavy atom. The zero-order chi connectivity index (χ0) is 22.2. The zero-order valence-electron chi connectivity index (χ0n) is 16.4. The van der Waals surface area contributed by atoms with Crippen molar-refractivity contribution in [2.24, 2.45) is 0 Å². The van der Waals surface area contributed by atoms with Gasteiger partial charge in [0.1, 0.15) is 18.1 Å². The number of piperidine rings is 1. The number of hydrogen-bond acceptors (Lipinski definition) is 4. The Labute approximate surface area is 175 Å². The molecule has 2 aliphatic rings. The third-order valence-corrected chi connectivity index (χ3v) is 5.64. The van der Waals surface area contributed by atoms with E-state index in [1.807, 2.05) is 0 Å². The summed E-state index contributed by atoms with van der Waals surface area (Å²) in [6, 6.07) is 7.65. The molecule has 0 radical (unpaired) electrons. The first-order valence-corrected chi connectivity index (χ1v) is 9.69. The van der Waals surface area contributed by atoms with E-state index < -0.39 is 29.1 Å². The topological polar surface area (TPSA) is 62.7 Å². The van der Waals surface area contributed by atoms with Gasteiger partial charge in [0.05, 0.1) is 17.7 Å². The Hall–Kier alpha value is -3.01. The highest BCUT2D eigenvalue weighted by atomic mass is 19.4. The van der Waals surface area contributed by atoms with Crippen molar-refractivity contribution in [3.05, 3.63) is 59.7 Å². The van der Waals surface area contributed by atoms with E-state index in [4.69, 9.17) is 4.74 Å². The van der Waals surface area contributed by atoms with Gasteiger partial charge < -0.3 is 14.5 Å². The molecular weight excluding hydrogens is 418 g/mol. The summed E-state index contributed by atoms with van der Waals surface area (Å²) in [5.74, 6) is -1.18. The Bertz CT molecular complexity index is 986. The van der Waals surface area contributed by atoms with Gasteiger partial charge in [0, 0.05) is 25.0 Å². The normalized spacial score (nSPS) is 19.0. The molecule has 0 N–H and O–H groups in total. The second kappa shape index (κ2) is 7.92. The molecule has 2 aromatic rings. The SMILES string of the molecule is O=C(c1ccc(C(F)(F)F)cn1)N1CCC2(CC1)CN(c1cccc(F)c1)C(=O)CO2. The molecule has 2 saturated heterocycles. The maximum absolute atomic E-state index is 13.6. The number of carbonyl (C=O) groups is 2. The first-order chi connectivity index (χ1) is 14.7. The number of ether oxygens (including phenoxy) is 1. The van der Waals surface area contributed by atoms with Crippen molar-refractivity contribution in [3.8, 4) is 0 Å². The summed E-state index contributed by atoms with van der Waals surface area (Å²) >= 11 is 0. The number of alkyl halides is 3. The maximum Gasteiger partial charge on any atom is 0.417 e. The van der Waals surface area contributed by atoms with Crippen LogP contribution >= 0.6 is 0 Å². The maximum atomic E-state index is 13.6. The molecule has 3 heterocycles. The van der Waals surface area contributed by atoms with E-state index in [1.165, 1.54) is 28.0 Å². The number of carbonyl (C=O) groups excluding carboxylic acids is 2. The number of rotatable bonds is 2. The third-order valence-electron chi connectivity index (χ3n) is 5.64. The second-order valence-corrected chi connectivity index (χ2v) is 7.65. The molecular formula is C21H19F4N3O3. The summed E-state index contributed by atoms with van der Waals surface area (Å²) in [6.07, 6.45) is -3.02. The summed E-state index contributed by atoms with van der Waals surface area (Å²) < 4.78 is 57.5. The van der Waals surface area contributed by atoms with Crippen molar-refractivity contribution in [2.45, 2.75) is 24.6 Å². The van der Waals surface area contributed by atoms with Crippen LogP contribution in [0, 0.1) is 5.82 Å². The highest BCUT2D eigenvalue weighted by Crippen LogP contribution is 2.33. The predicted octanol–water partition coefficient (Wildman–Crippen LogP) is 3.28. The molecule has 0 atom stereocenters. The molecule has 2 aliphatic heterocycles. The van der Waals surface area contributed by atoms with Crippen LogP contribution in [0.25, 0.3) is 0 Å². The number of nitrogens with zero attached hydrogens (tertiary/aromatic N) is 3. The molecule has 2 fully saturated rings. The molecule has 31 heavy (non-hydrogen) atoms. The number of amides is 2. The number of hydrogen-bond donors (Lipinski definition) is 0. The first-order valence-electron chi connectivity index (χ1n) is 9.69. The number of aromatic nitrogens is 1. The van der Waals surface area contributed by atoms with Gasteiger partial charge in [-0.15, -0.1) is 0 Å². The number of benzene rings is 1. The molecule has 1 spiro atoms. The number of halogens is 4. The van der Waals surface area contributed by atoms with Gasteiger partial charge in [-0.05, 0) is 43.2 Å². The van der Waals surface area contributed by atoms with Crippen molar-refractivity contribution in [3.63, 3.8) is 0 Å². The highest BCUT2D eigenvalue weighted by Gasteiger charge is 2.43. The average molecular weight is 437 g/mol. The lowest BCUT2D eigenvalue weighted by atomic mass is 9.89. The van der Waals surface area contributed by atoms with E-state index in [2.05, 4.69) is 4.98 Å². The Morgan fingerprint density at radius 1 is 1.13 bits per heavy atom. The van der Waals surface area contributed by atoms with Crippen LogP contribution in [0.2, 0.25) is 0 Å². The second-order valence-electron chi connectivity index (χ2n) is 7.65. The number of pyridine rings is 1.